The molecule has 0 aliphatic carbocycles. The summed E-state index contributed by atoms with van der Waals surface area (Å²) in [5, 5.41) is 3.45. The van der Waals surface area contributed by atoms with E-state index < -0.39 is 0 Å². The second-order valence-corrected chi connectivity index (χ2v) is 6.19. The Morgan fingerprint density at radius 2 is 2.12 bits per heavy atom. The van der Waals surface area contributed by atoms with E-state index in [4.69, 9.17) is 11.6 Å². The molecule has 1 N–H and O–H groups in total. The lowest BCUT2D eigenvalue weighted by Gasteiger charge is -2.16. The molecule has 0 amide bonds. The first-order valence-corrected chi connectivity index (χ1v) is 7.55. The highest BCUT2D eigenvalue weighted by atomic mass is 35.5. The van der Waals surface area contributed by atoms with Gasteiger partial charge in [-0.15, -0.1) is 11.3 Å². The van der Waals surface area contributed by atoms with Gasteiger partial charge in [0.25, 0.3) is 0 Å². The van der Waals surface area contributed by atoms with E-state index in [-0.39, 0.29) is 0 Å². The van der Waals surface area contributed by atoms with Gasteiger partial charge < -0.3 is 10.2 Å². The molecular weight excluding hydrogens is 252 g/mol. The summed E-state index contributed by atoms with van der Waals surface area (Å²) < 4.78 is 0.874. The first kappa shape index (κ1) is 15.0. The summed E-state index contributed by atoms with van der Waals surface area (Å²) in [6.45, 7) is 6.54. The van der Waals surface area contributed by atoms with E-state index in [2.05, 4.69) is 30.3 Å². The number of nitrogens with one attached hydrogen (secondary N) is 1. The molecule has 0 atom stereocenters. The van der Waals surface area contributed by atoms with Gasteiger partial charge in [-0.3, -0.25) is 0 Å². The van der Waals surface area contributed by atoms with Gasteiger partial charge >= 0.3 is 0 Å². The molecular formula is C13H23ClN2S. The maximum Gasteiger partial charge on any atom is 0.0931 e. The van der Waals surface area contributed by atoms with Crippen LogP contribution in [0.4, 0.5) is 0 Å². The molecule has 2 nitrogen and oxygen atoms in total. The second-order valence-electron chi connectivity index (χ2n) is 4.39. The highest BCUT2D eigenvalue weighted by Crippen LogP contribution is 2.20. The van der Waals surface area contributed by atoms with Crippen LogP contribution < -0.4 is 5.32 Å². The Bertz CT molecular complexity index is 301. The lowest BCUT2D eigenvalue weighted by Crippen LogP contribution is -2.29. The van der Waals surface area contributed by atoms with E-state index in [0.717, 1.165) is 24.0 Å². The Hall–Kier alpha value is -0.0900. The van der Waals surface area contributed by atoms with Crippen molar-refractivity contribution in [2.45, 2.75) is 32.7 Å². The maximum absolute atomic E-state index is 5.88. The Labute approximate surface area is 114 Å². The van der Waals surface area contributed by atoms with Crippen LogP contribution in [0.1, 0.15) is 31.1 Å². The summed E-state index contributed by atoms with van der Waals surface area (Å²) in [4.78, 5) is 3.70. The Balaban J connectivity index is 2.00. The average Bonchev–Trinajstić information content (AvgIpc) is 2.71. The molecule has 1 rings (SSSR count). The minimum atomic E-state index is 0.874. The molecule has 0 aliphatic rings. The van der Waals surface area contributed by atoms with Crippen molar-refractivity contribution in [3.05, 3.63) is 21.3 Å². The third-order valence-corrected chi connectivity index (χ3v) is 3.97. The van der Waals surface area contributed by atoms with Gasteiger partial charge in [-0.2, -0.15) is 0 Å². The van der Waals surface area contributed by atoms with Gasteiger partial charge in [0, 0.05) is 24.5 Å². The Kier molecular flexibility index (Phi) is 7.86. The van der Waals surface area contributed by atoms with E-state index in [0.29, 0.717) is 0 Å². The second kappa shape index (κ2) is 8.92. The zero-order valence-electron chi connectivity index (χ0n) is 10.8. The number of unbranched alkanes of at least 4 members (excludes halogenated alkanes) is 2. The molecule has 0 fully saturated rings. The highest BCUT2D eigenvalue weighted by molar-refractivity contribution is 7.16. The van der Waals surface area contributed by atoms with Crippen molar-refractivity contribution in [1.82, 2.24) is 10.2 Å². The van der Waals surface area contributed by atoms with Crippen molar-refractivity contribution in [1.29, 1.82) is 0 Å². The van der Waals surface area contributed by atoms with Gasteiger partial charge in [0.2, 0.25) is 0 Å². The lowest BCUT2D eigenvalue weighted by atomic mass is 10.2. The van der Waals surface area contributed by atoms with Crippen molar-refractivity contribution in [3.63, 3.8) is 0 Å². The molecule has 0 aliphatic heterocycles. The van der Waals surface area contributed by atoms with Gasteiger partial charge in [0.05, 0.1) is 4.34 Å². The fourth-order valence-corrected chi connectivity index (χ4v) is 2.73. The lowest BCUT2D eigenvalue weighted by molar-refractivity contribution is 0.323. The van der Waals surface area contributed by atoms with E-state index >= 15 is 0 Å². The smallest absolute Gasteiger partial charge is 0.0931 e. The number of halogens is 1. The molecule has 1 aromatic rings. The first-order chi connectivity index (χ1) is 8.22. The molecule has 98 valence electrons. The summed E-state index contributed by atoms with van der Waals surface area (Å²) in [7, 11) is 2.19. The van der Waals surface area contributed by atoms with Crippen LogP contribution in [0.25, 0.3) is 0 Å². The van der Waals surface area contributed by atoms with Crippen molar-refractivity contribution in [3.8, 4) is 0 Å². The van der Waals surface area contributed by atoms with Crippen LogP contribution in [-0.4, -0.2) is 31.6 Å². The van der Waals surface area contributed by atoms with E-state index in [1.54, 1.807) is 11.3 Å². The van der Waals surface area contributed by atoms with Crippen LogP contribution in [-0.2, 0) is 6.54 Å². The Morgan fingerprint density at radius 1 is 1.29 bits per heavy atom. The predicted octanol–water partition coefficient (Wildman–Crippen LogP) is 3.61. The summed E-state index contributed by atoms with van der Waals surface area (Å²) >= 11 is 7.53. The van der Waals surface area contributed by atoms with Crippen molar-refractivity contribution in [2.24, 2.45) is 0 Å². The summed E-state index contributed by atoms with van der Waals surface area (Å²) in [5.41, 5.74) is 0. The van der Waals surface area contributed by atoms with Crippen LogP contribution >= 0.6 is 22.9 Å². The molecule has 0 radical (unpaired) electrons. The van der Waals surface area contributed by atoms with Gasteiger partial charge in [0.15, 0.2) is 0 Å². The summed E-state index contributed by atoms with van der Waals surface area (Å²) in [5.74, 6) is 0. The average molecular weight is 275 g/mol. The molecule has 1 aromatic heterocycles. The molecule has 0 unspecified atom stereocenters. The van der Waals surface area contributed by atoms with Crippen molar-refractivity contribution < 1.29 is 0 Å². The van der Waals surface area contributed by atoms with Crippen LogP contribution in [0.3, 0.4) is 0 Å². The minimum Gasteiger partial charge on any atom is -0.311 e. The zero-order chi connectivity index (χ0) is 12.5. The quantitative estimate of drug-likeness (QED) is 0.692. The third kappa shape index (κ3) is 7.04. The van der Waals surface area contributed by atoms with Gasteiger partial charge in [-0.05, 0) is 32.1 Å². The molecule has 17 heavy (non-hydrogen) atoms. The normalized spacial score (nSPS) is 11.3. The molecule has 4 heteroatoms. The zero-order valence-corrected chi connectivity index (χ0v) is 12.4. The van der Waals surface area contributed by atoms with Gasteiger partial charge in [0.1, 0.15) is 0 Å². The number of likely N-dealkylation sites (N-methyl/N-ethyl adjacent to an activating group) is 1. The standard InChI is InChI=1S/C13H23ClN2S/c1-3-4-5-9-16(2)10-8-15-11-12-6-7-13(14)17-12/h6-7,15H,3-5,8-11H2,1-2H3. The number of rotatable bonds is 9. The summed E-state index contributed by atoms with van der Waals surface area (Å²) in [6.07, 6.45) is 3.95. The molecule has 0 spiro atoms. The fourth-order valence-electron chi connectivity index (χ4n) is 1.67. The number of hydrogen-bond acceptors (Lipinski definition) is 3. The third-order valence-electron chi connectivity index (χ3n) is 2.74. The van der Waals surface area contributed by atoms with Crippen LogP contribution in [0.5, 0.6) is 0 Å². The SMILES string of the molecule is CCCCCN(C)CCNCc1ccc(Cl)s1. The van der Waals surface area contributed by atoms with Gasteiger partial charge in [-0.25, -0.2) is 0 Å². The van der Waals surface area contributed by atoms with Gasteiger partial charge in [-0.1, -0.05) is 31.4 Å². The van der Waals surface area contributed by atoms with E-state index in [9.17, 15) is 0 Å². The summed E-state index contributed by atoms with van der Waals surface area (Å²) in [6, 6.07) is 4.05. The molecule has 0 bridgehead atoms. The monoisotopic (exact) mass is 274 g/mol. The first-order valence-electron chi connectivity index (χ1n) is 6.36. The largest absolute Gasteiger partial charge is 0.311 e. The van der Waals surface area contributed by atoms with Crippen molar-refractivity contribution >= 4 is 22.9 Å². The fraction of sp³-hybridized carbons (Fsp3) is 0.692. The maximum atomic E-state index is 5.88. The number of hydrogen-bond donors (Lipinski definition) is 1. The topological polar surface area (TPSA) is 15.3 Å². The molecule has 0 saturated carbocycles. The highest BCUT2D eigenvalue weighted by Gasteiger charge is 1.99. The molecule has 0 aromatic carbocycles. The van der Waals surface area contributed by atoms with Crippen LogP contribution in [0.2, 0.25) is 4.34 Å². The minimum absolute atomic E-state index is 0.874. The number of thiophene rings is 1. The van der Waals surface area contributed by atoms with Crippen molar-refractivity contribution in [2.75, 3.05) is 26.7 Å². The number of nitrogens with zero attached hydrogens (tertiary/aromatic N) is 1. The Morgan fingerprint density at radius 3 is 2.76 bits per heavy atom. The van der Waals surface area contributed by atoms with E-state index in [1.807, 2.05) is 6.07 Å². The van der Waals surface area contributed by atoms with Crippen LogP contribution in [0.15, 0.2) is 12.1 Å². The van der Waals surface area contributed by atoms with E-state index in [1.165, 1.54) is 30.7 Å². The molecule has 1 heterocycles. The predicted molar refractivity (Wildman–Crippen MR) is 78.1 cm³/mol. The van der Waals surface area contributed by atoms with Crippen LogP contribution in [0, 0.1) is 0 Å². The molecule has 0 saturated heterocycles.